The summed E-state index contributed by atoms with van der Waals surface area (Å²) in [5.74, 6) is 3.74. The van der Waals surface area contributed by atoms with Gasteiger partial charge in [0.25, 0.3) is 12.6 Å². The standard InChI is InChI=1S/C37H36N4O9/c1-41(2,21-48-29-15-13-23(17-31(29)44-4)36-38-26-11-9-8-10-25(26)37(42)39-36)50-32-16-22(12-14-28(32)43-3)27-20-30(49-40-27)24-18-33(45-5)35(47-7)34(19-24)46-6/h8,10,12-20,36H,21H2,1-7H3,(H-,38,39,42)/p+1. The molecule has 0 spiro atoms. The number of hydroxylamine groups is 3. The minimum atomic E-state index is -0.483. The number of fused-ring (bicyclic) bond motifs is 1. The average Bonchev–Trinajstić information content (AvgIpc) is 3.63. The van der Waals surface area contributed by atoms with Gasteiger partial charge in [-0.05, 0) is 60.2 Å². The number of nitrogens with one attached hydrogen (secondary N) is 2. The minimum absolute atomic E-state index is 0.0381. The zero-order chi connectivity index (χ0) is 35.4. The first-order valence-electron chi connectivity index (χ1n) is 15.5. The van der Waals surface area contributed by atoms with Gasteiger partial charge >= 0.3 is 0 Å². The van der Waals surface area contributed by atoms with Crippen LogP contribution in [0.15, 0.2) is 71.3 Å². The van der Waals surface area contributed by atoms with Crippen LogP contribution in [0.2, 0.25) is 0 Å². The van der Waals surface area contributed by atoms with Gasteiger partial charge < -0.3 is 48.4 Å². The van der Waals surface area contributed by atoms with Gasteiger partial charge in [0.05, 0.1) is 41.1 Å². The molecule has 0 fully saturated rings. The Morgan fingerprint density at radius 1 is 0.760 bits per heavy atom. The molecule has 2 N–H and O–H groups in total. The third-order valence-electron chi connectivity index (χ3n) is 7.92. The summed E-state index contributed by atoms with van der Waals surface area (Å²) >= 11 is 0. The van der Waals surface area contributed by atoms with Gasteiger partial charge in [0, 0.05) is 23.3 Å². The lowest BCUT2D eigenvalue weighted by Gasteiger charge is -2.29. The molecule has 0 saturated heterocycles. The lowest BCUT2D eigenvalue weighted by Crippen LogP contribution is -2.46. The van der Waals surface area contributed by atoms with Gasteiger partial charge in [-0.3, -0.25) is 4.79 Å². The normalized spacial score (nSPS) is 13.6. The molecular weight excluding hydrogens is 644 g/mol. The number of benzene rings is 3. The highest BCUT2D eigenvalue weighted by Gasteiger charge is 2.27. The largest absolute Gasteiger partial charge is 0.493 e. The Morgan fingerprint density at radius 2 is 1.46 bits per heavy atom. The predicted molar refractivity (Wildman–Crippen MR) is 183 cm³/mol. The molecular formula is C37H37N4O9+. The van der Waals surface area contributed by atoms with Crippen molar-refractivity contribution in [2.75, 3.05) is 61.7 Å². The van der Waals surface area contributed by atoms with Crippen LogP contribution < -0.4 is 43.9 Å². The smallest absolute Gasteiger partial charge is 0.261 e. The second kappa shape index (κ2) is 14.1. The van der Waals surface area contributed by atoms with E-state index in [0.29, 0.717) is 68.5 Å². The molecule has 1 aliphatic rings. The van der Waals surface area contributed by atoms with Crippen LogP contribution in [0.4, 0.5) is 5.69 Å². The number of anilines is 1. The van der Waals surface area contributed by atoms with Crippen molar-refractivity contribution in [3.05, 3.63) is 90.0 Å². The molecule has 1 aromatic heterocycles. The van der Waals surface area contributed by atoms with E-state index in [-0.39, 0.29) is 17.3 Å². The molecule has 0 saturated carbocycles. The van der Waals surface area contributed by atoms with Crippen LogP contribution in [0.3, 0.4) is 0 Å². The second-order valence-electron chi connectivity index (χ2n) is 11.6. The van der Waals surface area contributed by atoms with Crippen molar-refractivity contribution < 1.29 is 47.2 Å². The van der Waals surface area contributed by atoms with E-state index in [9.17, 15) is 4.79 Å². The minimum Gasteiger partial charge on any atom is -0.493 e. The molecule has 5 aromatic rings. The van der Waals surface area contributed by atoms with Crippen LogP contribution in [0, 0.1) is 12.1 Å². The first-order valence-corrected chi connectivity index (χ1v) is 15.5. The number of nitrogens with zero attached hydrogens (tertiary/aromatic N) is 2. The summed E-state index contributed by atoms with van der Waals surface area (Å²) < 4.78 is 39.5. The summed E-state index contributed by atoms with van der Waals surface area (Å²) in [7, 11) is 11.5. The molecule has 4 aromatic carbocycles. The number of rotatable bonds is 13. The highest BCUT2D eigenvalue weighted by molar-refractivity contribution is 6.01. The zero-order valence-electron chi connectivity index (χ0n) is 28.7. The van der Waals surface area contributed by atoms with Crippen LogP contribution in [-0.4, -0.2) is 72.1 Å². The molecule has 50 heavy (non-hydrogen) atoms. The average molecular weight is 682 g/mol. The molecule has 1 atom stereocenters. The fourth-order valence-corrected chi connectivity index (χ4v) is 5.43. The van der Waals surface area contributed by atoms with E-state index in [2.05, 4.69) is 27.9 Å². The van der Waals surface area contributed by atoms with Crippen molar-refractivity contribution in [3.8, 4) is 62.8 Å². The predicted octanol–water partition coefficient (Wildman–Crippen LogP) is 5.91. The van der Waals surface area contributed by atoms with E-state index >= 15 is 0 Å². The number of carbonyl (C=O) groups excluding carboxylic acids is 1. The molecule has 6 rings (SSSR count). The van der Waals surface area contributed by atoms with E-state index in [1.54, 1.807) is 71.9 Å². The summed E-state index contributed by atoms with van der Waals surface area (Å²) in [5.41, 5.74) is 3.88. The van der Waals surface area contributed by atoms with Crippen molar-refractivity contribution in [2.24, 2.45) is 0 Å². The van der Waals surface area contributed by atoms with Crippen LogP contribution in [0.25, 0.3) is 22.6 Å². The Morgan fingerprint density at radius 3 is 2.16 bits per heavy atom. The molecule has 0 aliphatic carbocycles. The molecule has 1 aliphatic heterocycles. The van der Waals surface area contributed by atoms with Gasteiger partial charge in [-0.1, -0.05) is 17.3 Å². The maximum Gasteiger partial charge on any atom is 0.261 e. The zero-order valence-corrected chi connectivity index (χ0v) is 28.7. The summed E-state index contributed by atoms with van der Waals surface area (Å²) in [4.78, 5) is 19.0. The fraction of sp³-hybridized carbons (Fsp3) is 0.243. The molecule has 13 nitrogen and oxygen atoms in total. The Balaban J connectivity index is 1.17. The fourth-order valence-electron chi connectivity index (χ4n) is 5.43. The van der Waals surface area contributed by atoms with Gasteiger partial charge in [0.15, 0.2) is 34.5 Å². The first kappa shape index (κ1) is 33.6. The topological polar surface area (TPSA) is 132 Å². The van der Waals surface area contributed by atoms with Gasteiger partial charge in [-0.15, -0.1) is 4.65 Å². The van der Waals surface area contributed by atoms with Gasteiger partial charge in [0.2, 0.25) is 11.5 Å². The molecule has 0 radical (unpaired) electrons. The van der Waals surface area contributed by atoms with Crippen molar-refractivity contribution in [3.63, 3.8) is 0 Å². The SMILES string of the molecule is COc1cc(C2NC(=O)c3ccc#cc3N2)ccc1OC[N+](C)(C)Oc1cc(-c2cc(-c3cc(OC)c(OC)c(OC)c3)on2)ccc1OC. The number of carbonyl (C=O) groups is 1. The number of methoxy groups -OCH3 is 5. The highest BCUT2D eigenvalue weighted by atomic mass is 16.7. The Kier molecular flexibility index (Phi) is 9.47. The molecule has 2 heterocycles. The number of quaternary nitrogens is 1. The Labute approximate surface area is 289 Å². The number of hydrogen-bond donors (Lipinski definition) is 2. The van der Waals surface area contributed by atoms with Crippen molar-refractivity contribution in [2.45, 2.75) is 6.17 Å². The number of aromatic nitrogens is 1. The quantitative estimate of drug-likeness (QED) is 0.0873. The third-order valence-corrected chi connectivity index (χ3v) is 7.92. The molecule has 0 bridgehead atoms. The third kappa shape index (κ3) is 6.83. The molecule has 258 valence electrons. The Hall–Kier alpha value is -6.26. The molecule has 1 unspecified atom stereocenters. The first-order chi connectivity index (χ1) is 24.2. The van der Waals surface area contributed by atoms with Gasteiger partial charge in [-0.2, -0.15) is 0 Å². The Bertz CT molecular complexity index is 1980. The van der Waals surface area contributed by atoms with Crippen LogP contribution >= 0.6 is 0 Å². The lowest BCUT2D eigenvalue weighted by atomic mass is 10.1. The van der Waals surface area contributed by atoms with E-state index in [4.69, 9.17) is 37.8 Å². The van der Waals surface area contributed by atoms with Crippen LogP contribution in [0.5, 0.6) is 40.2 Å². The maximum atomic E-state index is 12.6. The maximum absolute atomic E-state index is 12.6. The second-order valence-corrected chi connectivity index (χ2v) is 11.6. The summed E-state index contributed by atoms with van der Waals surface area (Å²) in [6.45, 7) is 0.106. The van der Waals surface area contributed by atoms with E-state index < -0.39 is 6.17 Å². The molecule has 13 heteroatoms. The lowest BCUT2D eigenvalue weighted by molar-refractivity contribution is -1.06. The molecule has 1 amide bonds. The van der Waals surface area contributed by atoms with Crippen LogP contribution in [-0.2, 0) is 0 Å². The van der Waals surface area contributed by atoms with Crippen LogP contribution in [0.1, 0.15) is 22.1 Å². The van der Waals surface area contributed by atoms with E-state index in [0.717, 1.165) is 11.1 Å². The van der Waals surface area contributed by atoms with Crippen molar-refractivity contribution in [1.82, 2.24) is 10.5 Å². The summed E-state index contributed by atoms with van der Waals surface area (Å²) in [6.07, 6.45) is -0.483. The van der Waals surface area contributed by atoms with E-state index in [1.807, 2.05) is 44.4 Å². The van der Waals surface area contributed by atoms with Gasteiger partial charge in [0.1, 0.15) is 31.6 Å². The van der Waals surface area contributed by atoms with Crippen molar-refractivity contribution in [1.29, 1.82) is 0 Å². The number of ether oxygens (including phenoxy) is 6. The van der Waals surface area contributed by atoms with Gasteiger partial charge in [-0.25, -0.2) is 0 Å². The summed E-state index contributed by atoms with van der Waals surface area (Å²) in [6, 6.07) is 25.5. The number of hydrogen-bond acceptors (Lipinski definition) is 11. The summed E-state index contributed by atoms with van der Waals surface area (Å²) in [5, 5.41) is 10.5. The number of amides is 1. The van der Waals surface area contributed by atoms with E-state index in [1.165, 1.54) is 0 Å². The monoisotopic (exact) mass is 681 g/mol. The highest BCUT2D eigenvalue weighted by Crippen LogP contribution is 2.42. The van der Waals surface area contributed by atoms with Crippen molar-refractivity contribution >= 4 is 11.6 Å².